The van der Waals surface area contributed by atoms with Crippen LogP contribution in [0.5, 0.6) is 0 Å². The molecular weight excluding hydrogens is 286 g/mol. The number of likely N-dealkylation sites (N-methyl/N-ethyl adjacent to an activating group) is 1. The minimum atomic E-state index is -0.773. The highest BCUT2D eigenvalue weighted by molar-refractivity contribution is 7.99. The molecule has 0 saturated carbocycles. The van der Waals surface area contributed by atoms with Crippen molar-refractivity contribution < 1.29 is 14.3 Å². The molecule has 0 fully saturated rings. The van der Waals surface area contributed by atoms with Gasteiger partial charge in [0.15, 0.2) is 0 Å². The molecule has 5 heteroatoms. The van der Waals surface area contributed by atoms with Crippen molar-refractivity contribution >= 4 is 17.7 Å². The largest absolute Gasteiger partial charge is 0.467 e. The van der Waals surface area contributed by atoms with E-state index < -0.39 is 5.54 Å². The van der Waals surface area contributed by atoms with E-state index >= 15 is 0 Å². The van der Waals surface area contributed by atoms with Crippen LogP contribution in [0.3, 0.4) is 0 Å². The molecule has 118 valence electrons. The van der Waals surface area contributed by atoms with Gasteiger partial charge in [0.25, 0.3) is 0 Å². The summed E-state index contributed by atoms with van der Waals surface area (Å²) >= 11 is 1.78. The van der Waals surface area contributed by atoms with E-state index in [0.29, 0.717) is 13.0 Å². The van der Waals surface area contributed by atoms with E-state index in [0.717, 1.165) is 23.7 Å². The Morgan fingerprint density at radius 2 is 1.95 bits per heavy atom. The van der Waals surface area contributed by atoms with Crippen LogP contribution in [0.15, 0.2) is 30.3 Å². The van der Waals surface area contributed by atoms with Gasteiger partial charge < -0.3 is 9.47 Å². The van der Waals surface area contributed by atoms with Crippen LogP contribution in [0.25, 0.3) is 0 Å². The predicted octanol–water partition coefficient (Wildman–Crippen LogP) is 2.43. The van der Waals surface area contributed by atoms with Gasteiger partial charge in [-0.15, -0.1) is 0 Å². The Morgan fingerprint density at radius 1 is 1.24 bits per heavy atom. The van der Waals surface area contributed by atoms with Crippen molar-refractivity contribution in [3.63, 3.8) is 0 Å². The van der Waals surface area contributed by atoms with Crippen LogP contribution >= 0.6 is 11.8 Å². The molecular formula is C16H25NO3S. The van der Waals surface area contributed by atoms with Crippen LogP contribution in [-0.4, -0.2) is 44.8 Å². The third-order valence-corrected chi connectivity index (χ3v) is 4.28. The minimum absolute atomic E-state index is 0.233. The lowest BCUT2D eigenvalue weighted by molar-refractivity contribution is -0.149. The highest BCUT2D eigenvalue weighted by Crippen LogP contribution is 2.28. The maximum Gasteiger partial charge on any atom is 0.330 e. The minimum Gasteiger partial charge on any atom is -0.467 e. The summed E-state index contributed by atoms with van der Waals surface area (Å²) in [6.45, 7) is 3.42. The van der Waals surface area contributed by atoms with Gasteiger partial charge in [-0.05, 0) is 24.3 Å². The molecule has 0 spiro atoms. The highest BCUT2D eigenvalue weighted by atomic mass is 32.2. The summed E-state index contributed by atoms with van der Waals surface area (Å²) in [4.78, 5) is 12.4. The van der Waals surface area contributed by atoms with E-state index in [1.165, 1.54) is 7.11 Å². The molecule has 0 aliphatic rings. The molecule has 0 radical (unpaired) electrons. The van der Waals surface area contributed by atoms with E-state index in [9.17, 15) is 4.79 Å². The maximum absolute atomic E-state index is 12.4. The fraction of sp³-hybridized carbons (Fsp3) is 0.562. The average Bonchev–Trinajstić information content (AvgIpc) is 2.53. The molecule has 4 nitrogen and oxygen atoms in total. The lowest BCUT2D eigenvalue weighted by atomic mass is 9.87. The molecule has 1 rings (SSSR count). The lowest BCUT2D eigenvalue weighted by Gasteiger charge is -2.32. The van der Waals surface area contributed by atoms with E-state index in [1.54, 1.807) is 18.9 Å². The molecule has 0 amide bonds. The highest BCUT2D eigenvalue weighted by Gasteiger charge is 2.40. The van der Waals surface area contributed by atoms with Gasteiger partial charge in [-0.1, -0.05) is 37.3 Å². The number of thioether (sulfide) groups is 1. The van der Waals surface area contributed by atoms with E-state index in [2.05, 4.69) is 5.32 Å². The van der Waals surface area contributed by atoms with Gasteiger partial charge in [0.1, 0.15) is 5.54 Å². The molecule has 1 aromatic rings. The lowest BCUT2D eigenvalue weighted by Crippen LogP contribution is -2.50. The van der Waals surface area contributed by atoms with Crippen LogP contribution in [0, 0.1) is 0 Å². The van der Waals surface area contributed by atoms with E-state index in [-0.39, 0.29) is 5.97 Å². The molecule has 1 N–H and O–H groups in total. The van der Waals surface area contributed by atoms with Gasteiger partial charge >= 0.3 is 5.97 Å². The number of nitrogens with one attached hydrogen (secondary N) is 1. The predicted molar refractivity (Wildman–Crippen MR) is 87.6 cm³/mol. The quantitative estimate of drug-likeness (QED) is 0.531. The van der Waals surface area contributed by atoms with Crippen LogP contribution in [0.4, 0.5) is 0 Å². The zero-order chi connectivity index (χ0) is 15.6. The first kappa shape index (κ1) is 18.0. The number of hydrogen-bond acceptors (Lipinski definition) is 5. The van der Waals surface area contributed by atoms with Crippen molar-refractivity contribution in [2.24, 2.45) is 0 Å². The SMILES string of the molecule is CCNC(CCSCCOC)(C(=O)OC)c1ccccc1. The van der Waals surface area contributed by atoms with Gasteiger partial charge in [-0.25, -0.2) is 4.79 Å². The molecule has 1 atom stereocenters. The van der Waals surface area contributed by atoms with Crippen molar-refractivity contribution in [2.45, 2.75) is 18.9 Å². The molecule has 0 saturated heterocycles. The Labute approximate surface area is 131 Å². The summed E-state index contributed by atoms with van der Waals surface area (Å²) in [6, 6.07) is 9.79. The summed E-state index contributed by atoms with van der Waals surface area (Å²) in [5.41, 5.74) is 0.177. The number of ether oxygens (including phenoxy) is 2. The Hall–Kier alpha value is -1.04. The molecule has 0 aromatic heterocycles. The summed E-state index contributed by atoms with van der Waals surface area (Å²) in [6.07, 6.45) is 0.686. The van der Waals surface area contributed by atoms with Gasteiger partial charge in [-0.3, -0.25) is 5.32 Å². The average molecular weight is 311 g/mol. The number of methoxy groups -OCH3 is 2. The third-order valence-electron chi connectivity index (χ3n) is 3.33. The fourth-order valence-corrected chi connectivity index (χ4v) is 3.23. The van der Waals surface area contributed by atoms with Gasteiger partial charge in [0.05, 0.1) is 13.7 Å². The van der Waals surface area contributed by atoms with E-state index in [1.807, 2.05) is 37.3 Å². The van der Waals surface area contributed by atoms with E-state index in [4.69, 9.17) is 9.47 Å². The maximum atomic E-state index is 12.4. The number of carbonyl (C=O) groups is 1. The zero-order valence-electron chi connectivity index (χ0n) is 13.1. The van der Waals surface area contributed by atoms with Crippen LogP contribution in [-0.2, 0) is 19.8 Å². The Morgan fingerprint density at radius 3 is 2.52 bits per heavy atom. The first-order valence-electron chi connectivity index (χ1n) is 7.17. The Bertz CT molecular complexity index is 413. The second kappa shape index (κ2) is 9.82. The Kier molecular flexibility index (Phi) is 8.42. The smallest absolute Gasteiger partial charge is 0.330 e. The molecule has 1 unspecified atom stereocenters. The molecule has 0 bridgehead atoms. The number of hydrogen-bond donors (Lipinski definition) is 1. The monoisotopic (exact) mass is 311 g/mol. The summed E-state index contributed by atoms with van der Waals surface area (Å²) in [5.74, 6) is 1.55. The van der Waals surface area contributed by atoms with Gasteiger partial charge in [0, 0.05) is 12.9 Å². The van der Waals surface area contributed by atoms with Crippen molar-refractivity contribution in [2.75, 3.05) is 38.9 Å². The summed E-state index contributed by atoms with van der Waals surface area (Å²) in [5, 5.41) is 3.33. The van der Waals surface area contributed by atoms with Gasteiger partial charge in [-0.2, -0.15) is 11.8 Å². The molecule has 0 aliphatic heterocycles. The molecule has 0 aliphatic carbocycles. The normalized spacial score (nSPS) is 13.7. The first-order valence-corrected chi connectivity index (χ1v) is 8.32. The van der Waals surface area contributed by atoms with Crippen molar-refractivity contribution in [3.05, 3.63) is 35.9 Å². The Balaban J connectivity index is 2.89. The van der Waals surface area contributed by atoms with Crippen molar-refractivity contribution in [1.82, 2.24) is 5.32 Å². The second-order valence-corrected chi connectivity index (χ2v) is 5.87. The van der Waals surface area contributed by atoms with Crippen LogP contribution in [0.1, 0.15) is 18.9 Å². The number of carbonyl (C=O) groups excluding carboxylic acids is 1. The first-order chi connectivity index (χ1) is 10.2. The molecule has 21 heavy (non-hydrogen) atoms. The summed E-state index contributed by atoms with van der Waals surface area (Å²) < 4.78 is 10.1. The standard InChI is InChI=1S/C16H25NO3S/c1-4-17-16(15(18)20-3,10-12-21-13-11-19-2)14-8-6-5-7-9-14/h5-9,17H,4,10-13H2,1-3H3. The fourth-order valence-electron chi connectivity index (χ4n) is 2.30. The van der Waals surface area contributed by atoms with Gasteiger partial charge in [0.2, 0.25) is 0 Å². The topological polar surface area (TPSA) is 47.6 Å². The van der Waals surface area contributed by atoms with Crippen LogP contribution < -0.4 is 5.32 Å². The number of benzene rings is 1. The third kappa shape index (κ3) is 5.02. The molecule has 1 aromatic carbocycles. The van der Waals surface area contributed by atoms with Crippen LogP contribution in [0.2, 0.25) is 0 Å². The molecule has 0 heterocycles. The van der Waals surface area contributed by atoms with Crippen molar-refractivity contribution in [3.8, 4) is 0 Å². The second-order valence-electron chi connectivity index (χ2n) is 4.65. The summed E-state index contributed by atoms with van der Waals surface area (Å²) in [7, 11) is 3.14. The number of rotatable bonds is 10. The number of esters is 1. The zero-order valence-corrected chi connectivity index (χ0v) is 13.9. The van der Waals surface area contributed by atoms with Crippen molar-refractivity contribution in [1.29, 1.82) is 0 Å².